The van der Waals surface area contributed by atoms with E-state index in [1.807, 2.05) is 0 Å². The molecule has 4 nitrogen and oxygen atoms in total. The van der Waals surface area contributed by atoms with Gasteiger partial charge >= 0.3 is 0 Å². The summed E-state index contributed by atoms with van der Waals surface area (Å²) in [6.45, 7) is -0.0719. The maximum absolute atomic E-state index is 13.4. The van der Waals surface area contributed by atoms with Crippen LogP contribution in [0.25, 0.3) is 0 Å². The lowest BCUT2D eigenvalue weighted by molar-refractivity contribution is -0.116. The number of nitrogens with one attached hydrogen (secondary N) is 2. The van der Waals surface area contributed by atoms with Crippen LogP contribution in [-0.2, 0) is 4.79 Å². The molecule has 8 heteroatoms. The van der Waals surface area contributed by atoms with Crippen LogP contribution in [0.4, 0.5) is 18.9 Å². The Morgan fingerprint density at radius 1 is 1.00 bits per heavy atom. The third-order valence-electron chi connectivity index (χ3n) is 3.02. The Balaban J connectivity index is 1.83. The quantitative estimate of drug-likeness (QED) is 0.861. The van der Waals surface area contributed by atoms with Crippen LogP contribution in [0.1, 0.15) is 16.8 Å². The van der Waals surface area contributed by atoms with Gasteiger partial charge in [-0.2, -0.15) is 0 Å². The monoisotopic (exact) mass is 356 g/mol. The first-order valence-corrected chi connectivity index (χ1v) is 7.23. The highest BCUT2D eigenvalue weighted by atomic mass is 35.5. The topological polar surface area (TPSA) is 58.2 Å². The van der Waals surface area contributed by atoms with Crippen molar-refractivity contribution in [3.63, 3.8) is 0 Å². The van der Waals surface area contributed by atoms with E-state index in [1.54, 1.807) is 0 Å². The number of carbonyl (C=O) groups is 2. The molecule has 0 heterocycles. The van der Waals surface area contributed by atoms with Crippen LogP contribution in [0, 0.1) is 17.5 Å². The molecule has 0 fully saturated rings. The van der Waals surface area contributed by atoms with E-state index < -0.39 is 29.3 Å². The van der Waals surface area contributed by atoms with E-state index in [0.29, 0.717) is 6.07 Å². The Morgan fingerprint density at radius 2 is 1.75 bits per heavy atom. The molecule has 2 aromatic carbocycles. The largest absolute Gasteiger partial charge is 0.351 e. The summed E-state index contributed by atoms with van der Waals surface area (Å²) in [6, 6.07) is 6.35. The van der Waals surface area contributed by atoms with Gasteiger partial charge in [0.2, 0.25) is 5.91 Å². The van der Waals surface area contributed by atoms with Gasteiger partial charge in [-0.05, 0) is 30.3 Å². The minimum atomic E-state index is -0.992. The molecule has 0 radical (unpaired) electrons. The lowest BCUT2D eigenvalue weighted by Gasteiger charge is -2.08. The molecule has 2 N–H and O–H groups in total. The molecule has 24 heavy (non-hydrogen) atoms. The lowest BCUT2D eigenvalue weighted by atomic mass is 10.2. The van der Waals surface area contributed by atoms with Crippen LogP contribution in [-0.4, -0.2) is 18.4 Å². The molecule has 2 rings (SSSR count). The van der Waals surface area contributed by atoms with Crippen LogP contribution in [0.15, 0.2) is 36.4 Å². The van der Waals surface area contributed by atoms with Gasteiger partial charge in [0, 0.05) is 24.7 Å². The molecule has 0 saturated carbocycles. The van der Waals surface area contributed by atoms with Crippen molar-refractivity contribution in [3.05, 3.63) is 64.4 Å². The molecule has 126 valence electrons. The first-order valence-electron chi connectivity index (χ1n) is 6.85. The van der Waals surface area contributed by atoms with Gasteiger partial charge < -0.3 is 10.6 Å². The second-order valence-electron chi connectivity index (χ2n) is 4.81. The lowest BCUT2D eigenvalue weighted by Crippen LogP contribution is -2.28. The van der Waals surface area contributed by atoms with Gasteiger partial charge in [0.05, 0.1) is 10.6 Å². The minimum Gasteiger partial charge on any atom is -0.351 e. The van der Waals surface area contributed by atoms with E-state index in [0.717, 1.165) is 18.2 Å². The Labute approximate surface area is 140 Å². The average molecular weight is 357 g/mol. The van der Waals surface area contributed by atoms with Crippen LogP contribution in [0.5, 0.6) is 0 Å². The summed E-state index contributed by atoms with van der Waals surface area (Å²) in [7, 11) is 0. The highest BCUT2D eigenvalue weighted by molar-refractivity contribution is 6.30. The van der Waals surface area contributed by atoms with Crippen LogP contribution in [0.3, 0.4) is 0 Å². The molecular weight excluding hydrogens is 345 g/mol. The van der Waals surface area contributed by atoms with Gasteiger partial charge in [-0.25, -0.2) is 13.2 Å². The summed E-state index contributed by atoms with van der Waals surface area (Å²) >= 11 is 5.53. The van der Waals surface area contributed by atoms with Gasteiger partial charge in [-0.1, -0.05) is 11.6 Å². The number of halogens is 4. The van der Waals surface area contributed by atoms with Crippen LogP contribution >= 0.6 is 11.6 Å². The molecular formula is C16H12ClF3N2O2. The van der Waals surface area contributed by atoms with E-state index in [4.69, 9.17) is 11.6 Å². The van der Waals surface area contributed by atoms with Crippen molar-refractivity contribution in [1.29, 1.82) is 0 Å². The van der Waals surface area contributed by atoms with Crippen molar-refractivity contribution in [2.24, 2.45) is 0 Å². The summed E-state index contributed by atoms with van der Waals surface area (Å²) in [5.41, 5.74) is -0.102. The Bertz CT molecular complexity index is 784. The molecule has 0 aliphatic heterocycles. The zero-order chi connectivity index (χ0) is 17.7. The highest BCUT2D eigenvalue weighted by Crippen LogP contribution is 2.18. The molecule has 0 atom stereocenters. The number of hydrogen-bond acceptors (Lipinski definition) is 2. The van der Waals surface area contributed by atoms with Crippen molar-refractivity contribution in [3.8, 4) is 0 Å². The van der Waals surface area contributed by atoms with Crippen LogP contribution in [0.2, 0.25) is 5.02 Å². The predicted molar refractivity (Wildman–Crippen MR) is 83.3 cm³/mol. The summed E-state index contributed by atoms with van der Waals surface area (Å²) < 4.78 is 39.4. The zero-order valence-electron chi connectivity index (χ0n) is 12.2. The molecule has 2 aromatic rings. The van der Waals surface area contributed by atoms with Gasteiger partial charge in [0.25, 0.3) is 5.91 Å². The SMILES string of the molecule is O=C(CCNC(=O)c1ccc(F)cc1F)Nc1ccc(Cl)c(F)c1. The number of benzene rings is 2. The van der Waals surface area contributed by atoms with Crippen LogP contribution < -0.4 is 10.6 Å². The maximum Gasteiger partial charge on any atom is 0.254 e. The molecule has 0 bridgehead atoms. The molecule has 0 spiro atoms. The number of amides is 2. The zero-order valence-corrected chi connectivity index (χ0v) is 13.0. The maximum atomic E-state index is 13.4. The third kappa shape index (κ3) is 4.73. The second-order valence-corrected chi connectivity index (χ2v) is 5.21. The molecule has 0 unspecified atom stereocenters. The molecule has 0 aliphatic carbocycles. The van der Waals surface area contributed by atoms with Gasteiger partial charge in [0.15, 0.2) is 0 Å². The Morgan fingerprint density at radius 3 is 2.42 bits per heavy atom. The van der Waals surface area contributed by atoms with Crippen molar-refractivity contribution in [2.45, 2.75) is 6.42 Å². The summed E-state index contributed by atoms with van der Waals surface area (Å²) in [5, 5.41) is 4.70. The van der Waals surface area contributed by atoms with Gasteiger partial charge in [-0.3, -0.25) is 9.59 Å². The number of hydrogen-bond donors (Lipinski definition) is 2. The summed E-state index contributed by atoms with van der Waals surface area (Å²) in [4.78, 5) is 23.4. The minimum absolute atomic E-state index is 0.0680. The number of rotatable bonds is 5. The second kappa shape index (κ2) is 7.83. The Hall–Kier alpha value is -2.54. The smallest absolute Gasteiger partial charge is 0.254 e. The predicted octanol–water partition coefficient (Wildman–Crippen LogP) is 3.52. The first kappa shape index (κ1) is 17.8. The van der Waals surface area contributed by atoms with Gasteiger partial charge in [0.1, 0.15) is 17.5 Å². The van der Waals surface area contributed by atoms with E-state index in [2.05, 4.69) is 10.6 Å². The fraction of sp³-hybridized carbons (Fsp3) is 0.125. The fourth-order valence-electron chi connectivity index (χ4n) is 1.86. The van der Waals surface area contributed by atoms with Crippen molar-refractivity contribution in [1.82, 2.24) is 5.32 Å². The van der Waals surface area contributed by atoms with E-state index in [1.165, 1.54) is 12.1 Å². The van der Waals surface area contributed by atoms with Crippen molar-refractivity contribution in [2.75, 3.05) is 11.9 Å². The number of anilines is 1. The summed E-state index contributed by atoms with van der Waals surface area (Å²) in [6.07, 6.45) is -0.112. The summed E-state index contributed by atoms with van der Waals surface area (Å²) in [5.74, 6) is -3.70. The number of carbonyl (C=O) groups excluding carboxylic acids is 2. The van der Waals surface area contributed by atoms with E-state index in [-0.39, 0.29) is 29.2 Å². The molecule has 2 amide bonds. The third-order valence-corrected chi connectivity index (χ3v) is 3.32. The normalized spacial score (nSPS) is 10.3. The fourth-order valence-corrected chi connectivity index (χ4v) is 1.97. The van der Waals surface area contributed by atoms with E-state index >= 15 is 0 Å². The average Bonchev–Trinajstić information content (AvgIpc) is 2.50. The molecule has 0 aliphatic rings. The first-order chi connectivity index (χ1) is 11.4. The Kier molecular flexibility index (Phi) is 5.81. The van der Waals surface area contributed by atoms with Crippen molar-refractivity contribution < 1.29 is 22.8 Å². The molecule has 0 saturated heterocycles. The van der Waals surface area contributed by atoms with Gasteiger partial charge in [-0.15, -0.1) is 0 Å². The standard InChI is InChI=1S/C16H12ClF3N2O2/c17-12-4-2-10(8-14(12)20)22-15(23)5-6-21-16(24)11-3-1-9(18)7-13(11)19/h1-4,7-8H,5-6H2,(H,21,24)(H,22,23). The van der Waals surface area contributed by atoms with Crippen molar-refractivity contribution >= 4 is 29.1 Å². The van der Waals surface area contributed by atoms with E-state index in [9.17, 15) is 22.8 Å². The highest BCUT2D eigenvalue weighted by Gasteiger charge is 2.12. The molecule has 0 aromatic heterocycles.